The van der Waals surface area contributed by atoms with Crippen LogP contribution >= 0.6 is 11.3 Å². The molecule has 1 saturated heterocycles. The molecule has 0 aromatic carbocycles. The van der Waals surface area contributed by atoms with Crippen LogP contribution < -0.4 is 0 Å². The Balaban J connectivity index is 1.78. The smallest absolute Gasteiger partial charge is 0.227 e. The first kappa shape index (κ1) is 12.9. The maximum Gasteiger partial charge on any atom is 0.227 e. The van der Waals surface area contributed by atoms with Crippen molar-refractivity contribution in [1.82, 2.24) is 9.88 Å². The van der Waals surface area contributed by atoms with Gasteiger partial charge in [-0.1, -0.05) is 6.42 Å². The van der Waals surface area contributed by atoms with E-state index in [0.29, 0.717) is 6.04 Å². The number of hydrogen-bond donors (Lipinski definition) is 0. The lowest BCUT2D eigenvalue weighted by atomic mass is 10.0. The summed E-state index contributed by atoms with van der Waals surface area (Å²) in [5.41, 5.74) is 2.18. The van der Waals surface area contributed by atoms with Crippen LogP contribution in [0.25, 0.3) is 11.5 Å². The van der Waals surface area contributed by atoms with Crippen molar-refractivity contribution in [2.75, 3.05) is 6.54 Å². The molecule has 0 radical (unpaired) electrons. The van der Waals surface area contributed by atoms with Crippen LogP contribution in [-0.2, 0) is 6.54 Å². The van der Waals surface area contributed by atoms with Gasteiger partial charge in [0.2, 0.25) is 5.89 Å². The molecule has 1 unspecified atom stereocenters. The number of thiophene rings is 1. The summed E-state index contributed by atoms with van der Waals surface area (Å²) < 4.78 is 5.80. The maximum absolute atomic E-state index is 5.80. The van der Waals surface area contributed by atoms with Crippen molar-refractivity contribution in [2.24, 2.45) is 0 Å². The third kappa shape index (κ3) is 2.74. The van der Waals surface area contributed by atoms with Gasteiger partial charge >= 0.3 is 0 Å². The van der Waals surface area contributed by atoms with Crippen LogP contribution in [-0.4, -0.2) is 22.5 Å². The first-order chi connectivity index (χ1) is 9.24. The number of oxazole rings is 1. The fourth-order valence-electron chi connectivity index (χ4n) is 2.67. The molecule has 0 amide bonds. The van der Waals surface area contributed by atoms with Crippen molar-refractivity contribution >= 4 is 11.3 Å². The van der Waals surface area contributed by atoms with E-state index in [4.69, 9.17) is 4.42 Å². The predicted octanol–water partition coefficient (Wildman–Crippen LogP) is 4.09. The Bertz CT molecular complexity index is 532. The Morgan fingerprint density at radius 2 is 2.37 bits per heavy atom. The van der Waals surface area contributed by atoms with E-state index in [2.05, 4.69) is 33.6 Å². The van der Waals surface area contributed by atoms with Gasteiger partial charge in [0.15, 0.2) is 0 Å². The predicted molar refractivity (Wildman–Crippen MR) is 78.3 cm³/mol. The molecule has 0 saturated carbocycles. The number of aromatic nitrogens is 1. The molecule has 2 aromatic heterocycles. The molecule has 0 bridgehead atoms. The van der Waals surface area contributed by atoms with E-state index in [1.165, 1.54) is 25.8 Å². The highest BCUT2D eigenvalue weighted by atomic mass is 32.1. The van der Waals surface area contributed by atoms with Crippen LogP contribution in [0.5, 0.6) is 0 Å². The van der Waals surface area contributed by atoms with E-state index >= 15 is 0 Å². The van der Waals surface area contributed by atoms with Crippen molar-refractivity contribution in [3.05, 3.63) is 28.3 Å². The zero-order chi connectivity index (χ0) is 13.2. The normalized spacial score (nSPS) is 20.8. The van der Waals surface area contributed by atoms with Gasteiger partial charge in [-0.05, 0) is 44.7 Å². The lowest BCUT2D eigenvalue weighted by Crippen LogP contribution is -2.37. The third-order valence-electron chi connectivity index (χ3n) is 3.95. The SMILES string of the molecule is Cc1oc(-c2ccsc2)nc1CN1CCCCC1C. The topological polar surface area (TPSA) is 29.3 Å². The maximum atomic E-state index is 5.80. The van der Waals surface area contributed by atoms with Gasteiger partial charge in [-0.25, -0.2) is 4.98 Å². The Labute approximate surface area is 118 Å². The van der Waals surface area contributed by atoms with Gasteiger partial charge < -0.3 is 4.42 Å². The molecule has 0 N–H and O–H groups in total. The van der Waals surface area contributed by atoms with E-state index in [-0.39, 0.29) is 0 Å². The summed E-state index contributed by atoms with van der Waals surface area (Å²) in [4.78, 5) is 7.20. The third-order valence-corrected chi connectivity index (χ3v) is 4.64. The van der Waals surface area contributed by atoms with Crippen LogP contribution in [0.2, 0.25) is 0 Å². The fourth-order valence-corrected chi connectivity index (χ4v) is 3.30. The molecule has 1 fully saturated rings. The van der Waals surface area contributed by atoms with Gasteiger partial charge in [-0.15, -0.1) is 0 Å². The first-order valence-corrected chi connectivity index (χ1v) is 7.91. The quantitative estimate of drug-likeness (QED) is 0.845. The molecule has 1 aliphatic rings. The fraction of sp³-hybridized carbons (Fsp3) is 0.533. The number of nitrogens with zero attached hydrogens (tertiary/aromatic N) is 2. The summed E-state index contributed by atoms with van der Waals surface area (Å²) in [6.45, 7) is 6.43. The molecule has 4 heteroatoms. The molecular weight excluding hydrogens is 256 g/mol. The van der Waals surface area contributed by atoms with Gasteiger partial charge in [0.25, 0.3) is 0 Å². The summed E-state index contributed by atoms with van der Waals surface area (Å²) >= 11 is 1.68. The Morgan fingerprint density at radius 3 is 3.11 bits per heavy atom. The lowest BCUT2D eigenvalue weighted by Gasteiger charge is -2.32. The zero-order valence-corrected chi connectivity index (χ0v) is 12.4. The Morgan fingerprint density at radius 1 is 1.47 bits per heavy atom. The van der Waals surface area contributed by atoms with Gasteiger partial charge in [0.1, 0.15) is 5.76 Å². The van der Waals surface area contributed by atoms with Crippen molar-refractivity contribution in [3.63, 3.8) is 0 Å². The molecule has 102 valence electrons. The first-order valence-electron chi connectivity index (χ1n) is 6.97. The number of hydrogen-bond acceptors (Lipinski definition) is 4. The summed E-state index contributed by atoms with van der Waals surface area (Å²) in [6, 6.07) is 2.72. The lowest BCUT2D eigenvalue weighted by molar-refractivity contribution is 0.150. The second-order valence-corrected chi connectivity index (χ2v) is 6.13. The number of piperidine rings is 1. The van der Waals surface area contributed by atoms with Crippen molar-refractivity contribution in [3.8, 4) is 11.5 Å². The highest BCUT2D eigenvalue weighted by Crippen LogP contribution is 2.26. The summed E-state index contributed by atoms with van der Waals surface area (Å²) in [6.07, 6.45) is 3.96. The van der Waals surface area contributed by atoms with Gasteiger partial charge in [-0.3, -0.25) is 4.90 Å². The summed E-state index contributed by atoms with van der Waals surface area (Å²) in [7, 11) is 0. The minimum Gasteiger partial charge on any atom is -0.441 e. The zero-order valence-electron chi connectivity index (χ0n) is 11.6. The number of aryl methyl sites for hydroxylation is 1. The van der Waals surface area contributed by atoms with E-state index in [9.17, 15) is 0 Å². The van der Waals surface area contributed by atoms with Crippen molar-refractivity contribution in [2.45, 2.75) is 45.7 Å². The molecule has 3 rings (SSSR count). The second-order valence-electron chi connectivity index (χ2n) is 5.35. The van der Waals surface area contributed by atoms with Crippen molar-refractivity contribution in [1.29, 1.82) is 0 Å². The minimum atomic E-state index is 0.662. The van der Waals surface area contributed by atoms with Gasteiger partial charge in [0.05, 0.1) is 5.69 Å². The average molecular weight is 276 g/mol. The summed E-state index contributed by atoms with van der Waals surface area (Å²) in [5, 5.41) is 4.14. The van der Waals surface area contributed by atoms with Crippen LogP contribution in [0.4, 0.5) is 0 Å². The highest BCUT2D eigenvalue weighted by molar-refractivity contribution is 7.08. The van der Waals surface area contributed by atoms with Crippen LogP contribution in [0.3, 0.4) is 0 Å². The molecule has 2 aromatic rings. The van der Waals surface area contributed by atoms with E-state index < -0.39 is 0 Å². The molecule has 1 aliphatic heterocycles. The van der Waals surface area contributed by atoms with E-state index in [1.807, 2.05) is 6.92 Å². The van der Waals surface area contributed by atoms with Gasteiger partial charge in [0, 0.05) is 23.5 Å². The number of rotatable bonds is 3. The molecule has 19 heavy (non-hydrogen) atoms. The largest absolute Gasteiger partial charge is 0.441 e. The molecule has 3 nitrogen and oxygen atoms in total. The molecule has 0 spiro atoms. The monoisotopic (exact) mass is 276 g/mol. The highest BCUT2D eigenvalue weighted by Gasteiger charge is 2.21. The molecule has 3 heterocycles. The standard InChI is InChI=1S/C15H20N2OS/c1-11-5-3-4-7-17(11)9-14-12(2)18-15(16-14)13-6-8-19-10-13/h6,8,10-11H,3-5,7,9H2,1-2H3. The van der Waals surface area contributed by atoms with E-state index in [1.54, 1.807) is 11.3 Å². The number of likely N-dealkylation sites (tertiary alicyclic amines) is 1. The average Bonchev–Trinajstić information content (AvgIpc) is 3.02. The van der Waals surface area contributed by atoms with Crippen LogP contribution in [0.15, 0.2) is 21.2 Å². The summed E-state index contributed by atoms with van der Waals surface area (Å²) in [5.74, 6) is 1.72. The Kier molecular flexibility index (Phi) is 3.71. The van der Waals surface area contributed by atoms with Gasteiger partial charge in [-0.2, -0.15) is 11.3 Å². The van der Waals surface area contributed by atoms with E-state index in [0.717, 1.165) is 29.5 Å². The van der Waals surface area contributed by atoms with Crippen molar-refractivity contribution < 1.29 is 4.42 Å². The van der Waals surface area contributed by atoms with Crippen LogP contribution in [0.1, 0.15) is 37.6 Å². The second kappa shape index (κ2) is 5.47. The van der Waals surface area contributed by atoms with Crippen LogP contribution in [0, 0.1) is 6.92 Å². The molecule has 1 atom stereocenters. The Hall–Kier alpha value is -1.13. The molecular formula is C15H20N2OS. The minimum absolute atomic E-state index is 0.662. The molecule has 0 aliphatic carbocycles.